The summed E-state index contributed by atoms with van der Waals surface area (Å²) in [5.41, 5.74) is 0.644. The van der Waals surface area contributed by atoms with Crippen molar-refractivity contribution in [1.82, 2.24) is 4.90 Å². The number of Topliss-reactive ketones (excluding diaryl/α,β-unsaturated/α-hetero) is 1. The fourth-order valence-electron chi connectivity index (χ4n) is 2.38. The molecule has 0 amide bonds. The number of hydrogen-bond donors (Lipinski definition) is 0. The molecule has 0 unspecified atom stereocenters. The lowest BCUT2D eigenvalue weighted by Gasteiger charge is -2.17. The molecule has 0 aliphatic carbocycles. The number of hydrogen-bond acceptors (Lipinski definition) is 5. The summed E-state index contributed by atoms with van der Waals surface area (Å²) < 4.78 is 11.3. The molecule has 2 rings (SSSR count). The van der Waals surface area contributed by atoms with Crippen LogP contribution in [0, 0.1) is 0 Å². The monoisotopic (exact) mass is 339 g/mol. The Bertz CT molecular complexity index is 542. The lowest BCUT2D eigenvalue weighted by Crippen LogP contribution is -2.23. The number of ether oxygens (including phenoxy) is 2. The SMILES string of the molecule is COc1ccc(C(=O)CCSC(=S)N2CCCC2)cc1OC. The Labute approximate surface area is 141 Å². The molecule has 120 valence electrons. The van der Waals surface area contributed by atoms with Gasteiger partial charge in [-0.05, 0) is 31.0 Å². The van der Waals surface area contributed by atoms with Crippen molar-refractivity contribution in [1.29, 1.82) is 0 Å². The number of rotatable bonds is 6. The van der Waals surface area contributed by atoms with Crippen LogP contribution in [0.2, 0.25) is 0 Å². The first-order chi connectivity index (χ1) is 10.7. The lowest BCUT2D eigenvalue weighted by atomic mass is 10.1. The maximum atomic E-state index is 12.2. The Kier molecular flexibility index (Phi) is 6.51. The smallest absolute Gasteiger partial charge is 0.163 e. The topological polar surface area (TPSA) is 38.8 Å². The van der Waals surface area contributed by atoms with Crippen molar-refractivity contribution < 1.29 is 14.3 Å². The molecule has 0 spiro atoms. The minimum atomic E-state index is 0.0951. The molecule has 0 radical (unpaired) electrons. The Balaban J connectivity index is 1.85. The molecule has 0 atom stereocenters. The van der Waals surface area contributed by atoms with Crippen LogP contribution in [-0.4, -0.2) is 48.1 Å². The number of ketones is 1. The standard InChI is InChI=1S/C16H21NO3S2/c1-19-14-6-5-12(11-15(14)20-2)13(18)7-10-22-16(21)17-8-3-4-9-17/h5-6,11H,3-4,7-10H2,1-2H3. The van der Waals surface area contributed by atoms with E-state index in [1.807, 2.05) is 0 Å². The highest BCUT2D eigenvalue weighted by atomic mass is 32.2. The van der Waals surface area contributed by atoms with Crippen molar-refractivity contribution in [2.24, 2.45) is 0 Å². The van der Waals surface area contributed by atoms with Crippen LogP contribution in [-0.2, 0) is 0 Å². The molecule has 1 aliphatic heterocycles. The third kappa shape index (κ3) is 4.36. The summed E-state index contributed by atoms with van der Waals surface area (Å²) in [7, 11) is 3.14. The van der Waals surface area contributed by atoms with Crippen molar-refractivity contribution >= 4 is 34.1 Å². The van der Waals surface area contributed by atoms with Crippen LogP contribution in [0.4, 0.5) is 0 Å². The van der Waals surface area contributed by atoms with Gasteiger partial charge in [-0.1, -0.05) is 24.0 Å². The molecular weight excluding hydrogens is 318 g/mol. The normalized spacial score (nSPS) is 14.0. The molecule has 0 bridgehead atoms. The third-order valence-electron chi connectivity index (χ3n) is 3.62. The van der Waals surface area contributed by atoms with Crippen LogP contribution in [0.1, 0.15) is 29.6 Å². The van der Waals surface area contributed by atoms with Gasteiger partial charge in [0.25, 0.3) is 0 Å². The van der Waals surface area contributed by atoms with Gasteiger partial charge in [0.1, 0.15) is 4.32 Å². The summed E-state index contributed by atoms with van der Waals surface area (Å²) in [5, 5.41) is 0. The van der Waals surface area contributed by atoms with E-state index in [-0.39, 0.29) is 5.78 Å². The first-order valence-corrected chi connectivity index (χ1v) is 8.72. The highest BCUT2D eigenvalue weighted by Gasteiger charge is 2.16. The molecule has 1 heterocycles. The zero-order valence-corrected chi connectivity index (χ0v) is 14.6. The van der Waals surface area contributed by atoms with Gasteiger partial charge in [0.15, 0.2) is 17.3 Å². The van der Waals surface area contributed by atoms with Crippen molar-refractivity contribution in [2.75, 3.05) is 33.1 Å². The number of likely N-dealkylation sites (tertiary alicyclic amines) is 1. The van der Waals surface area contributed by atoms with Crippen LogP contribution in [0.3, 0.4) is 0 Å². The van der Waals surface area contributed by atoms with E-state index in [2.05, 4.69) is 4.90 Å². The van der Waals surface area contributed by atoms with Crippen LogP contribution in [0.15, 0.2) is 18.2 Å². The lowest BCUT2D eigenvalue weighted by molar-refractivity contribution is 0.0989. The van der Waals surface area contributed by atoms with E-state index >= 15 is 0 Å². The molecule has 0 aromatic heterocycles. The largest absolute Gasteiger partial charge is 0.493 e. The predicted molar refractivity (Wildman–Crippen MR) is 94.4 cm³/mol. The molecule has 0 N–H and O–H groups in total. The average molecular weight is 339 g/mol. The molecule has 1 saturated heterocycles. The molecule has 4 nitrogen and oxygen atoms in total. The van der Waals surface area contributed by atoms with Crippen LogP contribution < -0.4 is 9.47 Å². The van der Waals surface area contributed by atoms with Gasteiger partial charge in [-0.25, -0.2) is 0 Å². The minimum absolute atomic E-state index is 0.0951. The van der Waals surface area contributed by atoms with Gasteiger partial charge in [-0.3, -0.25) is 4.79 Å². The quantitative estimate of drug-likeness (QED) is 0.584. The van der Waals surface area contributed by atoms with Crippen molar-refractivity contribution in [3.8, 4) is 11.5 Å². The number of benzene rings is 1. The Morgan fingerprint density at radius 3 is 2.55 bits per heavy atom. The van der Waals surface area contributed by atoms with Gasteiger partial charge >= 0.3 is 0 Å². The number of carbonyl (C=O) groups is 1. The number of carbonyl (C=O) groups excluding carboxylic acids is 1. The first-order valence-electron chi connectivity index (χ1n) is 7.32. The van der Waals surface area contributed by atoms with Gasteiger partial charge in [0.05, 0.1) is 14.2 Å². The summed E-state index contributed by atoms with van der Waals surface area (Å²) in [6.07, 6.45) is 2.89. The molecule has 1 fully saturated rings. The average Bonchev–Trinajstić information content (AvgIpc) is 3.08. The van der Waals surface area contributed by atoms with Gasteiger partial charge < -0.3 is 14.4 Å². The highest BCUT2D eigenvalue weighted by molar-refractivity contribution is 8.22. The van der Waals surface area contributed by atoms with Gasteiger partial charge in [-0.2, -0.15) is 0 Å². The Morgan fingerprint density at radius 1 is 1.23 bits per heavy atom. The highest BCUT2D eigenvalue weighted by Crippen LogP contribution is 2.28. The van der Waals surface area contributed by atoms with E-state index in [4.69, 9.17) is 21.7 Å². The molecule has 1 aliphatic rings. The predicted octanol–water partition coefficient (Wildman–Crippen LogP) is 3.39. The number of thioether (sulfide) groups is 1. The second-order valence-electron chi connectivity index (χ2n) is 5.05. The van der Waals surface area contributed by atoms with Gasteiger partial charge in [-0.15, -0.1) is 0 Å². The summed E-state index contributed by atoms with van der Waals surface area (Å²) in [6.45, 7) is 2.10. The Morgan fingerprint density at radius 2 is 1.91 bits per heavy atom. The van der Waals surface area contributed by atoms with Crippen LogP contribution in [0.25, 0.3) is 0 Å². The fourth-order valence-corrected chi connectivity index (χ4v) is 3.64. The van der Waals surface area contributed by atoms with E-state index in [0.29, 0.717) is 29.2 Å². The third-order valence-corrected chi connectivity index (χ3v) is 5.15. The maximum absolute atomic E-state index is 12.2. The van der Waals surface area contributed by atoms with Gasteiger partial charge in [0.2, 0.25) is 0 Å². The second kappa shape index (κ2) is 8.39. The molecule has 1 aromatic rings. The van der Waals surface area contributed by atoms with Crippen molar-refractivity contribution in [2.45, 2.75) is 19.3 Å². The molecule has 0 saturated carbocycles. The van der Waals surface area contributed by atoms with Crippen LogP contribution in [0.5, 0.6) is 11.5 Å². The summed E-state index contributed by atoms with van der Waals surface area (Å²) in [4.78, 5) is 14.5. The maximum Gasteiger partial charge on any atom is 0.163 e. The molecule has 22 heavy (non-hydrogen) atoms. The van der Waals surface area contributed by atoms with E-state index in [1.165, 1.54) is 12.8 Å². The van der Waals surface area contributed by atoms with Crippen molar-refractivity contribution in [3.05, 3.63) is 23.8 Å². The number of methoxy groups -OCH3 is 2. The first kappa shape index (κ1) is 17.1. The number of nitrogens with zero attached hydrogens (tertiary/aromatic N) is 1. The number of thiocarbonyl (C=S) groups is 1. The van der Waals surface area contributed by atoms with E-state index in [0.717, 1.165) is 17.4 Å². The van der Waals surface area contributed by atoms with E-state index in [1.54, 1.807) is 44.2 Å². The zero-order chi connectivity index (χ0) is 15.9. The second-order valence-corrected chi connectivity index (χ2v) is 6.78. The van der Waals surface area contributed by atoms with E-state index in [9.17, 15) is 4.79 Å². The van der Waals surface area contributed by atoms with E-state index < -0.39 is 0 Å². The molecule has 1 aromatic carbocycles. The summed E-state index contributed by atoms with van der Waals surface area (Å²) in [5.74, 6) is 2.01. The summed E-state index contributed by atoms with van der Waals surface area (Å²) in [6, 6.07) is 5.26. The van der Waals surface area contributed by atoms with Crippen molar-refractivity contribution in [3.63, 3.8) is 0 Å². The summed E-state index contributed by atoms with van der Waals surface area (Å²) >= 11 is 6.99. The van der Waals surface area contributed by atoms with Gasteiger partial charge in [0, 0.05) is 30.8 Å². The molecular formula is C16H21NO3S2. The zero-order valence-electron chi connectivity index (χ0n) is 13.0. The minimum Gasteiger partial charge on any atom is -0.493 e. The molecule has 6 heteroatoms. The Hall–Kier alpha value is -1.27. The van der Waals surface area contributed by atoms with Crippen LogP contribution >= 0.6 is 24.0 Å². The fraction of sp³-hybridized carbons (Fsp3) is 0.500.